The lowest BCUT2D eigenvalue weighted by atomic mass is 10.2. The summed E-state index contributed by atoms with van der Waals surface area (Å²) in [6.45, 7) is 0. The summed E-state index contributed by atoms with van der Waals surface area (Å²) in [4.78, 5) is 16.1. The predicted octanol–water partition coefficient (Wildman–Crippen LogP) is 1.38. The van der Waals surface area contributed by atoms with Crippen molar-refractivity contribution in [2.24, 2.45) is 5.84 Å². The van der Waals surface area contributed by atoms with Crippen molar-refractivity contribution in [1.82, 2.24) is 10.3 Å². The van der Waals surface area contributed by atoms with E-state index in [9.17, 15) is 4.79 Å². The molecule has 5 nitrogen and oxygen atoms in total. The molecule has 18 heavy (non-hydrogen) atoms. The number of rotatable bonds is 4. The molecule has 1 aliphatic rings. The molecule has 1 aromatic rings. The number of pyridine rings is 1. The zero-order chi connectivity index (χ0) is 13.0. The number of hydrogen-bond acceptors (Lipinski definition) is 5. The molecule has 98 valence electrons. The largest absolute Gasteiger partial charge is 0.349 e. The van der Waals surface area contributed by atoms with Gasteiger partial charge in [0.1, 0.15) is 0 Å². The molecular weight excluding hydrogens is 248 g/mol. The minimum absolute atomic E-state index is 0.109. The van der Waals surface area contributed by atoms with E-state index in [4.69, 9.17) is 5.84 Å². The number of nitrogens with one attached hydrogen (secondary N) is 2. The molecule has 0 saturated heterocycles. The smallest absolute Gasteiger partial charge is 0.255 e. The molecule has 1 saturated carbocycles. The molecule has 2 unspecified atom stereocenters. The van der Waals surface area contributed by atoms with E-state index in [0.717, 1.165) is 12.8 Å². The summed E-state index contributed by atoms with van der Waals surface area (Å²) < 4.78 is 0. The Morgan fingerprint density at radius 1 is 1.56 bits per heavy atom. The van der Waals surface area contributed by atoms with Crippen LogP contribution in [0, 0.1) is 0 Å². The van der Waals surface area contributed by atoms with Crippen molar-refractivity contribution < 1.29 is 4.79 Å². The normalized spacial score (nSPS) is 22.8. The van der Waals surface area contributed by atoms with Crippen molar-refractivity contribution >= 4 is 23.4 Å². The van der Waals surface area contributed by atoms with Crippen LogP contribution in [0.25, 0.3) is 0 Å². The minimum Gasteiger partial charge on any atom is -0.349 e. The third-order valence-electron chi connectivity index (χ3n) is 3.27. The molecule has 0 aliphatic heterocycles. The maximum Gasteiger partial charge on any atom is 0.255 e. The summed E-state index contributed by atoms with van der Waals surface area (Å²) in [6, 6.07) is 1.95. The van der Waals surface area contributed by atoms with Gasteiger partial charge in [-0.1, -0.05) is 0 Å². The third kappa shape index (κ3) is 2.94. The fourth-order valence-electron chi connectivity index (χ4n) is 2.25. The Labute approximate surface area is 111 Å². The first-order valence-electron chi connectivity index (χ1n) is 5.99. The molecule has 1 aromatic heterocycles. The fraction of sp³-hybridized carbons (Fsp3) is 0.500. The van der Waals surface area contributed by atoms with E-state index >= 15 is 0 Å². The van der Waals surface area contributed by atoms with Crippen LogP contribution in [-0.2, 0) is 0 Å². The molecule has 1 heterocycles. The van der Waals surface area contributed by atoms with E-state index in [1.54, 1.807) is 12.3 Å². The van der Waals surface area contributed by atoms with Crippen molar-refractivity contribution in [1.29, 1.82) is 0 Å². The highest BCUT2D eigenvalue weighted by molar-refractivity contribution is 7.99. The van der Waals surface area contributed by atoms with Gasteiger partial charge in [0.05, 0.1) is 11.3 Å². The Balaban J connectivity index is 2.00. The maximum atomic E-state index is 12.1. The molecule has 2 rings (SSSR count). The highest BCUT2D eigenvalue weighted by Gasteiger charge is 2.26. The first-order chi connectivity index (χ1) is 8.74. The lowest BCUT2D eigenvalue weighted by molar-refractivity contribution is 0.0938. The summed E-state index contributed by atoms with van der Waals surface area (Å²) in [5.74, 6) is 5.27. The van der Waals surface area contributed by atoms with Gasteiger partial charge in [0, 0.05) is 23.7 Å². The monoisotopic (exact) mass is 266 g/mol. The number of thioether (sulfide) groups is 1. The molecule has 1 fully saturated rings. The molecule has 6 heteroatoms. The number of carbonyl (C=O) groups is 1. The second-order valence-electron chi connectivity index (χ2n) is 4.41. The van der Waals surface area contributed by atoms with Crippen molar-refractivity contribution in [3.05, 3.63) is 24.0 Å². The number of nitrogen functional groups attached to an aromatic ring is 1. The van der Waals surface area contributed by atoms with Gasteiger partial charge in [-0.25, -0.2) is 0 Å². The molecule has 0 radical (unpaired) electrons. The van der Waals surface area contributed by atoms with Crippen LogP contribution in [-0.4, -0.2) is 28.4 Å². The minimum atomic E-state index is -0.109. The summed E-state index contributed by atoms with van der Waals surface area (Å²) in [6.07, 6.45) is 8.51. The summed E-state index contributed by atoms with van der Waals surface area (Å²) >= 11 is 1.87. The molecule has 1 amide bonds. The van der Waals surface area contributed by atoms with E-state index in [1.165, 1.54) is 12.6 Å². The zero-order valence-electron chi connectivity index (χ0n) is 10.3. The molecular formula is C12H18N4OS. The van der Waals surface area contributed by atoms with Gasteiger partial charge in [0.2, 0.25) is 0 Å². The Morgan fingerprint density at radius 3 is 3.06 bits per heavy atom. The van der Waals surface area contributed by atoms with Crippen molar-refractivity contribution in [2.45, 2.75) is 30.6 Å². The van der Waals surface area contributed by atoms with E-state index in [0.29, 0.717) is 16.5 Å². The van der Waals surface area contributed by atoms with Gasteiger partial charge in [-0.15, -0.1) is 0 Å². The Kier molecular flexibility index (Phi) is 4.43. The standard InChI is InChI=1S/C12H18N4OS/c1-18-9-3-2-8(6-9)15-12(17)10-7-14-5-4-11(10)16-13/h4-5,7-9H,2-3,6,13H2,1H3,(H,14,16)(H,15,17). The van der Waals surface area contributed by atoms with Gasteiger partial charge in [0.25, 0.3) is 5.91 Å². The number of aromatic nitrogens is 1. The Bertz CT molecular complexity index is 426. The van der Waals surface area contributed by atoms with Gasteiger partial charge in [-0.05, 0) is 31.6 Å². The Hall–Kier alpha value is -1.27. The Morgan fingerprint density at radius 2 is 2.39 bits per heavy atom. The van der Waals surface area contributed by atoms with E-state index in [1.807, 2.05) is 11.8 Å². The van der Waals surface area contributed by atoms with Crippen molar-refractivity contribution in [3.63, 3.8) is 0 Å². The van der Waals surface area contributed by atoms with Gasteiger partial charge >= 0.3 is 0 Å². The second kappa shape index (κ2) is 6.06. The number of nitrogens with zero attached hydrogens (tertiary/aromatic N) is 1. The lowest BCUT2D eigenvalue weighted by Crippen LogP contribution is -2.33. The zero-order valence-corrected chi connectivity index (χ0v) is 11.2. The first-order valence-corrected chi connectivity index (χ1v) is 7.27. The van der Waals surface area contributed by atoms with Crippen LogP contribution in [0.5, 0.6) is 0 Å². The average molecular weight is 266 g/mol. The number of anilines is 1. The molecule has 0 aromatic carbocycles. The highest BCUT2D eigenvalue weighted by Crippen LogP contribution is 2.28. The van der Waals surface area contributed by atoms with Crippen molar-refractivity contribution in [3.8, 4) is 0 Å². The summed E-state index contributed by atoms with van der Waals surface area (Å²) in [5, 5.41) is 3.71. The maximum absolute atomic E-state index is 12.1. The molecule has 0 spiro atoms. The second-order valence-corrected chi connectivity index (χ2v) is 5.54. The van der Waals surface area contributed by atoms with Crippen LogP contribution in [0.4, 0.5) is 5.69 Å². The lowest BCUT2D eigenvalue weighted by Gasteiger charge is -2.14. The van der Waals surface area contributed by atoms with Crippen LogP contribution in [0.1, 0.15) is 29.6 Å². The van der Waals surface area contributed by atoms with Crippen LogP contribution < -0.4 is 16.6 Å². The quantitative estimate of drug-likeness (QED) is 0.567. The SMILES string of the molecule is CSC1CCC(NC(=O)c2cnccc2NN)C1. The highest BCUT2D eigenvalue weighted by atomic mass is 32.2. The molecule has 4 N–H and O–H groups in total. The van der Waals surface area contributed by atoms with Gasteiger partial charge in [-0.3, -0.25) is 15.6 Å². The number of amides is 1. The number of hydrogen-bond donors (Lipinski definition) is 3. The number of hydrazine groups is 1. The molecule has 1 aliphatic carbocycles. The van der Waals surface area contributed by atoms with E-state index in [-0.39, 0.29) is 11.9 Å². The number of nitrogens with two attached hydrogens (primary N) is 1. The van der Waals surface area contributed by atoms with Gasteiger partial charge in [0.15, 0.2) is 0 Å². The van der Waals surface area contributed by atoms with Gasteiger partial charge < -0.3 is 10.7 Å². The predicted molar refractivity (Wildman–Crippen MR) is 74.5 cm³/mol. The van der Waals surface area contributed by atoms with E-state index in [2.05, 4.69) is 22.0 Å². The topological polar surface area (TPSA) is 80.0 Å². The average Bonchev–Trinajstić information content (AvgIpc) is 2.86. The molecule has 0 bridgehead atoms. The number of carbonyl (C=O) groups excluding carboxylic acids is 1. The summed E-state index contributed by atoms with van der Waals surface area (Å²) in [7, 11) is 0. The van der Waals surface area contributed by atoms with Crippen LogP contribution in [0.3, 0.4) is 0 Å². The summed E-state index contributed by atoms with van der Waals surface area (Å²) in [5.41, 5.74) is 3.61. The fourth-order valence-corrected chi connectivity index (χ4v) is 3.05. The van der Waals surface area contributed by atoms with E-state index < -0.39 is 0 Å². The third-order valence-corrected chi connectivity index (χ3v) is 4.37. The van der Waals surface area contributed by atoms with Crippen LogP contribution >= 0.6 is 11.8 Å². The molecule has 2 atom stereocenters. The van der Waals surface area contributed by atoms with Crippen LogP contribution in [0.15, 0.2) is 18.5 Å². The van der Waals surface area contributed by atoms with Gasteiger partial charge in [-0.2, -0.15) is 11.8 Å². The van der Waals surface area contributed by atoms with Crippen LogP contribution in [0.2, 0.25) is 0 Å². The first kappa shape index (κ1) is 13.2. The van der Waals surface area contributed by atoms with Crippen molar-refractivity contribution in [2.75, 3.05) is 11.7 Å².